The monoisotopic (exact) mass is 890 g/mol. The Hall–Kier alpha value is -8.98. The first-order valence-corrected chi connectivity index (χ1v) is 24.1. The zero-order valence-electron chi connectivity index (χ0n) is 38.7. The average molecular weight is 891 g/mol. The topological polar surface area (TPSA) is 25.8 Å². The lowest BCUT2D eigenvalue weighted by Crippen LogP contribution is -2.22. The summed E-state index contributed by atoms with van der Waals surface area (Å²) in [5.41, 5.74) is 20.5. The molecule has 1 aliphatic carbocycles. The van der Waals surface area contributed by atoms with Crippen molar-refractivity contribution < 1.29 is 0 Å². The highest BCUT2D eigenvalue weighted by atomic mass is 14.9. The predicted molar refractivity (Wildman–Crippen MR) is 293 cm³/mol. The molecule has 1 aromatic heterocycles. The Morgan fingerprint density at radius 2 is 0.786 bits per heavy atom. The van der Waals surface area contributed by atoms with Gasteiger partial charge in [-0.2, -0.15) is 0 Å². The lowest BCUT2D eigenvalue weighted by Gasteiger charge is -2.28. The van der Waals surface area contributed by atoms with Crippen molar-refractivity contribution in [1.29, 1.82) is 0 Å². The number of benzene rings is 11. The lowest BCUT2D eigenvalue weighted by atomic mass is 9.74. The zero-order valence-corrected chi connectivity index (χ0v) is 38.7. The van der Waals surface area contributed by atoms with Crippen LogP contribution in [0.15, 0.2) is 261 Å². The average Bonchev–Trinajstić information content (AvgIpc) is 3.70. The predicted octanol–water partition coefficient (Wildman–Crippen LogP) is 17.8. The summed E-state index contributed by atoms with van der Waals surface area (Å²) in [4.78, 5) is 10.6. The summed E-state index contributed by atoms with van der Waals surface area (Å²) >= 11 is 0. The van der Waals surface area contributed by atoms with Crippen molar-refractivity contribution in [2.24, 2.45) is 0 Å². The Morgan fingerprint density at radius 1 is 0.271 bits per heavy atom. The van der Waals surface area contributed by atoms with E-state index in [2.05, 4.69) is 262 Å². The van der Waals surface area contributed by atoms with Gasteiger partial charge in [0.15, 0.2) is 5.82 Å². The van der Waals surface area contributed by atoms with Gasteiger partial charge in [-0.15, -0.1) is 0 Å². The van der Waals surface area contributed by atoms with Crippen LogP contribution in [0.4, 0.5) is 0 Å². The summed E-state index contributed by atoms with van der Waals surface area (Å²) in [6.07, 6.45) is 0. The highest BCUT2D eigenvalue weighted by Crippen LogP contribution is 2.53. The first-order valence-electron chi connectivity index (χ1n) is 24.1. The summed E-state index contributed by atoms with van der Waals surface area (Å²) in [6.45, 7) is 2.40. The summed E-state index contributed by atoms with van der Waals surface area (Å²) in [5.74, 6) is 0.694. The van der Waals surface area contributed by atoms with Crippen LogP contribution >= 0.6 is 0 Å². The molecule has 11 aromatic carbocycles. The molecule has 0 saturated carbocycles. The molecule has 0 radical (unpaired) electrons. The van der Waals surface area contributed by atoms with Gasteiger partial charge < -0.3 is 0 Å². The highest BCUT2D eigenvalue weighted by molar-refractivity contribution is 6.06. The molecule has 1 heterocycles. The van der Waals surface area contributed by atoms with Gasteiger partial charge in [-0.3, -0.25) is 0 Å². The van der Waals surface area contributed by atoms with Gasteiger partial charge in [0, 0.05) is 22.1 Å². The van der Waals surface area contributed by atoms with E-state index in [0.717, 1.165) is 50.0 Å². The number of aromatic nitrogens is 2. The van der Waals surface area contributed by atoms with E-state index in [1.54, 1.807) is 0 Å². The number of fused-ring (bicyclic) bond motifs is 5. The molecule has 70 heavy (non-hydrogen) atoms. The van der Waals surface area contributed by atoms with E-state index < -0.39 is 0 Å². The standard InChI is InChI=1S/C68H46N2/c1-68(56-26-9-4-10-27-56)63-31-16-15-30-60(63)61-35-34-51(43-64(61)68)54-40-53(50-33-32-46-20-11-12-23-48(46)38-50)41-55(42-54)57-36-37-62(59-29-14-13-28-58(57)59)66-44-65(69-67(70-66)47-21-7-3-8-22-47)52-25-17-24-49(39-52)45-18-5-2-6-19-45/h2-44H,1H3. The third-order valence-corrected chi connectivity index (χ3v) is 14.5. The minimum Gasteiger partial charge on any atom is -0.228 e. The summed E-state index contributed by atoms with van der Waals surface area (Å²) in [6, 6.07) is 94.7. The first-order chi connectivity index (χ1) is 34.5. The van der Waals surface area contributed by atoms with Gasteiger partial charge in [-0.1, -0.05) is 218 Å². The van der Waals surface area contributed by atoms with Crippen molar-refractivity contribution in [1.82, 2.24) is 9.97 Å². The number of hydrogen-bond acceptors (Lipinski definition) is 2. The maximum absolute atomic E-state index is 5.33. The molecular weight excluding hydrogens is 845 g/mol. The quantitative estimate of drug-likeness (QED) is 0.152. The third-order valence-electron chi connectivity index (χ3n) is 14.5. The van der Waals surface area contributed by atoms with Crippen molar-refractivity contribution in [2.45, 2.75) is 12.3 Å². The molecular formula is C68H46N2. The minimum absolute atomic E-state index is 0.306. The maximum atomic E-state index is 5.33. The normalized spacial score (nSPS) is 13.8. The van der Waals surface area contributed by atoms with Crippen molar-refractivity contribution in [2.75, 3.05) is 0 Å². The van der Waals surface area contributed by atoms with Crippen LogP contribution in [-0.4, -0.2) is 9.97 Å². The Kier molecular flexibility index (Phi) is 9.99. The second kappa shape index (κ2) is 17.0. The smallest absolute Gasteiger partial charge is 0.160 e. The van der Waals surface area contributed by atoms with Crippen LogP contribution in [0.3, 0.4) is 0 Å². The fourth-order valence-corrected chi connectivity index (χ4v) is 11.0. The van der Waals surface area contributed by atoms with Gasteiger partial charge in [0.1, 0.15) is 0 Å². The van der Waals surface area contributed by atoms with Crippen LogP contribution in [0.1, 0.15) is 23.6 Å². The molecule has 0 fully saturated rings. The Balaban J connectivity index is 0.989. The third kappa shape index (κ3) is 7.12. The number of nitrogens with zero attached hydrogens (tertiary/aromatic N) is 2. The molecule has 1 atom stereocenters. The van der Waals surface area contributed by atoms with Crippen molar-refractivity contribution in [3.63, 3.8) is 0 Å². The van der Waals surface area contributed by atoms with Crippen molar-refractivity contribution in [3.05, 3.63) is 278 Å². The largest absolute Gasteiger partial charge is 0.228 e. The summed E-state index contributed by atoms with van der Waals surface area (Å²) in [5, 5.41) is 4.75. The summed E-state index contributed by atoms with van der Waals surface area (Å²) in [7, 11) is 0. The number of hydrogen-bond donors (Lipinski definition) is 0. The fourth-order valence-electron chi connectivity index (χ4n) is 11.0. The maximum Gasteiger partial charge on any atom is 0.160 e. The van der Waals surface area contributed by atoms with Crippen molar-refractivity contribution >= 4 is 21.5 Å². The van der Waals surface area contributed by atoms with Gasteiger partial charge in [0.25, 0.3) is 0 Å². The van der Waals surface area contributed by atoms with E-state index >= 15 is 0 Å². The molecule has 1 aliphatic rings. The molecule has 0 spiro atoms. The molecule has 328 valence electrons. The van der Waals surface area contributed by atoms with Gasteiger partial charge in [-0.05, 0) is 143 Å². The summed E-state index contributed by atoms with van der Waals surface area (Å²) < 4.78 is 0. The molecule has 0 aliphatic heterocycles. The van der Waals surface area contributed by atoms with Gasteiger partial charge in [0.05, 0.1) is 11.4 Å². The second-order valence-electron chi connectivity index (χ2n) is 18.6. The lowest BCUT2D eigenvalue weighted by molar-refractivity contribution is 0.714. The molecule has 0 saturated heterocycles. The van der Waals surface area contributed by atoms with Crippen LogP contribution in [-0.2, 0) is 5.41 Å². The molecule has 0 bridgehead atoms. The van der Waals surface area contributed by atoms with Crippen LogP contribution in [0.25, 0.3) is 111 Å². The van der Waals surface area contributed by atoms with Crippen LogP contribution in [0.2, 0.25) is 0 Å². The molecule has 2 nitrogen and oxygen atoms in total. The molecule has 12 aromatic rings. The van der Waals surface area contributed by atoms with Crippen LogP contribution in [0.5, 0.6) is 0 Å². The Labute approximate surface area is 408 Å². The van der Waals surface area contributed by atoms with E-state index in [1.807, 2.05) is 6.07 Å². The SMILES string of the molecule is CC1(c2ccccc2)c2ccccc2-c2ccc(-c3cc(-c4ccc5ccccc5c4)cc(-c4ccc(-c5cc(-c6cccc(-c7ccccc7)c6)nc(-c6ccccc6)n5)c5ccccc45)c3)cc21. The second-order valence-corrected chi connectivity index (χ2v) is 18.6. The Morgan fingerprint density at radius 3 is 1.57 bits per heavy atom. The van der Waals surface area contributed by atoms with Crippen LogP contribution < -0.4 is 0 Å². The Bertz CT molecular complexity index is 3950. The van der Waals surface area contributed by atoms with E-state index in [4.69, 9.17) is 9.97 Å². The number of rotatable bonds is 8. The van der Waals surface area contributed by atoms with E-state index in [-0.39, 0.29) is 5.41 Å². The molecule has 2 heteroatoms. The molecule has 0 N–H and O–H groups in total. The molecule has 1 unspecified atom stereocenters. The highest BCUT2D eigenvalue weighted by Gasteiger charge is 2.40. The minimum atomic E-state index is -0.306. The van der Waals surface area contributed by atoms with Crippen LogP contribution in [0, 0.1) is 0 Å². The zero-order chi connectivity index (χ0) is 46.6. The first kappa shape index (κ1) is 41.2. The molecule has 0 amide bonds. The van der Waals surface area contributed by atoms with Gasteiger partial charge >= 0.3 is 0 Å². The van der Waals surface area contributed by atoms with Gasteiger partial charge in [-0.25, -0.2) is 9.97 Å². The van der Waals surface area contributed by atoms with E-state index in [9.17, 15) is 0 Å². The van der Waals surface area contributed by atoms with Gasteiger partial charge in [0.2, 0.25) is 0 Å². The molecule has 13 rings (SSSR count). The van der Waals surface area contributed by atoms with E-state index in [1.165, 1.54) is 72.0 Å². The van der Waals surface area contributed by atoms with E-state index in [0.29, 0.717) is 5.82 Å². The fraction of sp³-hybridized carbons (Fsp3) is 0.0294. The van der Waals surface area contributed by atoms with Crippen molar-refractivity contribution in [3.8, 4) is 89.5 Å².